The number of carbonyl (C=O) groups is 2. The van der Waals surface area contributed by atoms with E-state index in [1.54, 1.807) is 12.1 Å². The zero-order valence-corrected chi connectivity index (χ0v) is 15.6. The highest BCUT2D eigenvalue weighted by atomic mass is 35.5. The van der Waals surface area contributed by atoms with E-state index >= 15 is 0 Å². The Morgan fingerprint density at radius 2 is 2.04 bits per heavy atom. The third-order valence-corrected chi connectivity index (χ3v) is 5.13. The lowest BCUT2D eigenvalue weighted by Gasteiger charge is -2.39. The molecule has 1 saturated carbocycles. The second kappa shape index (κ2) is 7.64. The highest BCUT2D eigenvalue weighted by Gasteiger charge is 2.33. The highest BCUT2D eigenvalue weighted by molar-refractivity contribution is 6.30. The van der Waals surface area contributed by atoms with Gasteiger partial charge < -0.3 is 10.4 Å². The summed E-state index contributed by atoms with van der Waals surface area (Å²) in [6.45, 7) is 2.00. The van der Waals surface area contributed by atoms with Crippen LogP contribution in [0.3, 0.4) is 0 Å². The molecule has 1 amide bonds. The highest BCUT2D eigenvalue weighted by Crippen LogP contribution is 2.31. The van der Waals surface area contributed by atoms with E-state index in [0.29, 0.717) is 5.56 Å². The summed E-state index contributed by atoms with van der Waals surface area (Å²) < 4.78 is 13.3. The van der Waals surface area contributed by atoms with Gasteiger partial charge in [0.15, 0.2) is 0 Å². The largest absolute Gasteiger partial charge is 0.508 e. The predicted molar refractivity (Wildman–Crippen MR) is 99.4 cm³/mol. The Bertz CT molecular complexity index is 897. The Morgan fingerprint density at radius 1 is 1.30 bits per heavy atom. The average Bonchev–Trinajstić information content (AvgIpc) is 2.58. The molecule has 5 nitrogen and oxygen atoms in total. The van der Waals surface area contributed by atoms with Gasteiger partial charge in [0.05, 0.1) is 5.02 Å². The molecule has 1 aromatic carbocycles. The van der Waals surface area contributed by atoms with E-state index in [2.05, 4.69) is 10.3 Å². The van der Waals surface area contributed by atoms with Crippen molar-refractivity contribution in [1.29, 1.82) is 0 Å². The Labute approximate surface area is 161 Å². The van der Waals surface area contributed by atoms with Gasteiger partial charge in [0.2, 0.25) is 0 Å². The average molecular weight is 391 g/mol. The molecule has 1 aliphatic rings. The lowest BCUT2D eigenvalue weighted by atomic mass is 9.78. The maximum atomic E-state index is 13.3. The SMILES string of the molecule is CC1(NC(=O)c2cc(CC(=O)Cc3cc(Cl)c(F)cc3O)ccn2)CCC1. The summed E-state index contributed by atoms with van der Waals surface area (Å²) in [4.78, 5) is 28.8. The van der Waals surface area contributed by atoms with Crippen LogP contribution in [0.5, 0.6) is 5.75 Å². The van der Waals surface area contributed by atoms with E-state index in [-0.39, 0.29) is 52.1 Å². The van der Waals surface area contributed by atoms with Crippen LogP contribution in [0, 0.1) is 5.82 Å². The van der Waals surface area contributed by atoms with Crippen molar-refractivity contribution in [3.05, 3.63) is 58.1 Å². The quantitative estimate of drug-likeness (QED) is 0.789. The van der Waals surface area contributed by atoms with Crippen molar-refractivity contribution in [3.8, 4) is 5.75 Å². The molecule has 27 heavy (non-hydrogen) atoms. The first kappa shape index (κ1) is 19.3. The topological polar surface area (TPSA) is 79.3 Å². The minimum absolute atomic E-state index is 0.0640. The van der Waals surface area contributed by atoms with Crippen LogP contribution in [0.2, 0.25) is 5.02 Å². The number of phenols is 1. The van der Waals surface area contributed by atoms with Crippen molar-refractivity contribution in [1.82, 2.24) is 10.3 Å². The predicted octanol–water partition coefficient (Wildman–Crippen LogP) is 3.61. The van der Waals surface area contributed by atoms with Crippen LogP contribution in [0.4, 0.5) is 4.39 Å². The molecule has 3 rings (SSSR count). The molecule has 0 spiro atoms. The van der Waals surface area contributed by atoms with Gasteiger partial charge in [-0.2, -0.15) is 0 Å². The molecule has 0 aliphatic heterocycles. The summed E-state index contributed by atoms with van der Waals surface area (Å²) in [7, 11) is 0. The molecule has 0 unspecified atom stereocenters. The van der Waals surface area contributed by atoms with Crippen molar-refractivity contribution < 1.29 is 19.1 Å². The molecule has 0 radical (unpaired) electrons. The third kappa shape index (κ3) is 4.63. The number of ketones is 1. The van der Waals surface area contributed by atoms with Gasteiger partial charge in [-0.1, -0.05) is 11.6 Å². The molecule has 1 aromatic heterocycles. The van der Waals surface area contributed by atoms with Gasteiger partial charge in [-0.25, -0.2) is 4.39 Å². The number of pyridine rings is 1. The van der Waals surface area contributed by atoms with Crippen molar-refractivity contribution in [2.45, 2.75) is 44.6 Å². The molecule has 1 aliphatic carbocycles. The van der Waals surface area contributed by atoms with Crippen LogP contribution in [0.1, 0.15) is 47.8 Å². The van der Waals surface area contributed by atoms with Crippen molar-refractivity contribution in [2.75, 3.05) is 0 Å². The fourth-order valence-corrected chi connectivity index (χ4v) is 3.29. The summed E-state index contributed by atoms with van der Waals surface area (Å²) in [5.74, 6) is -1.50. The van der Waals surface area contributed by atoms with Gasteiger partial charge in [-0.3, -0.25) is 14.6 Å². The number of phenolic OH excluding ortho intramolecular Hbond substituents is 1. The Balaban J connectivity index is 1.66. The van der Waals surface area contributed by atoms with E-state index < -0.39 is 5.82 Å². The van der Waals surface area contributed by atoms with E-state index in [4.69, 9.17) is 11.6 Å². The Kier molecular flexibility index (Phi) is 5.46. The number of aromatic hydroxyl groups is 1. The van der Waals surface area contributed by atoms with E-state index in [1.807, 2.05) is 6.92 Å². The summed E-state index contributed by atoms with van der Waals surface area (Å²) >= 11 is 5.70. The van der Waals surface area contributed by atoms with Gasteiger partial charge >= 0.3 is 0 Å². The monoisotopic (exact) mass is 390 g/mol. The van der Waals surface area contributed by atoms with Crippen molar-refractivity contribution in [2.24, 2.45) is 0 Å². The number of halogens is 2. The van der Waals surface area contributed by atoms with Crippen LogP contribution < -0.4 is 5.32 Å². The van der Waals surface area contributed by atoms with Gasteiger partial charge in [-0.05, 0) is 49.9 Å². The number of Topliss-reactive ketones (excluding diaryl/α,β-unsaturated/α-hetero) is 1. The minimum Gasteiger partial charge on any atom is -0.508 e. The second-order valence-electron chi connectivity index (χ2n) is 7.20. The molecule has 0 saturated heterocycles. The fourth-order valence-electron chi connectivity index (χ4n) is 3.10. The van der Waals surface area contributed by atoms with Crippen LogP contribution >= 0.6 is 11.6 Å². The standard InChI is InChI=1S/C20H20ClFN2O3/c1-20(4-2-5-20)24-19(27)17-8-12(3-6-23-17)7-14(25)9-13-10-15(21)16(22)11-18(13)26/h3,6,8,10-11,26H,2,4-5,7,9H2,1H3,(H,24,27). The van der Waals surface area contributed by atoms with Crippen LogP contribution in [0.25, 0.3) is 0 Å². The summed E-state index contributed by atoms with van der Waals surface area (Å²) in [6.07, 6.45) is 4.45. The number of rotatable bonds is 6. The third-order valence-electron chi connectivity index (χ3n) is 4.84. The molecule has 7 heteroatoms. The van der Waals surface area contributed by atoms with Gasteiger partial charge in [0, 0.05) is 36.2 Å². The fraction of sp³-hybridized carbons (Fsp3) is 0.350. The second-order valence-corrected chi connectivity index (χ2v) is 7.61. The Hall–Kier alpha value is -2.47. The van der Waals surface area contributed by atoms with Crippen molar-refractivity contribution >= 4 is 23.3 Å². The number of carbonyl (C=O) groups excluding carboxylic acids is 2. The number of amides is 1. The molecule has 142 valence electrons. The van der Waals surface area contributed by atoms with Crippen molar-refractivity contribution in [3.63, 3.8) is 0 Å². The number of benzene rings is 1. The zero-order chi connectivity index (χ0) is 19.6. The smallest absolute Gasteiger partial charge is 0.270 e. The molecule has 2 N–H and O–H groups in total. The number of nitrogens with zero attached hydrogens (tertiary/aromatic N) is 1. The van der Waals surface area contributed by atoms with Gasteiger partial charge in [0.25, 0.3) is 5.91 Å². The lowest BCUT2D eigenvalue weighted by molar-refractivity contribution is -0.117. The number of nitrogens with one attached hydrogen (secondary N) is 1. The van der Waals surface area contributed by atoms with E-state index in [9.17, 15) is 19.1 Å². The molecule has 2 aromatic rings. The summed E-state index contributed by atoms with van der Waals surface area (Å²) in [6, 6.07) is 5.39. The number of aromatic nitrogens is 1. The Morgan fingerprint density at radius 3 is 2.70 bits per heavy atom. The van der Waals surface area contributed by atoms with E-state index in [1.165, 1.54) is 12.3 Å². The first-order chi connectivity index (χ1) is 12.8. The van der Waals surface area contributed by atoms with Crippen LogP contribution in [-0.4, -0.2) is 27.3 Å². The molecule has 0 bridgehead atoms. The zero-order valence-electron chi connectivity index (χ0n) is 14.9. The van der Waals surface area contributed by atoms with Gasteiger partial charge in [-0.15, -0.1) is 0 Å². The molecule has 1 fully saturated rings. The van der Waals surface area contributed by atoms with Gasteiger partial charge in [0.1, 0.15) is 23.0 Å². The maximum absolute atomic E-state index is 13.3. The number of hydrogen-bond donors (Lipinski definition) is 2. The first-order valence-corrected chi connectivity index (χ1v) is 9.09. The first-order valence-electron chi connectivity index (χ1n) is 8.72. The molecule has 0 atom stereocenters. The molecule has 1 heterocycles. The molecular weight excluding hydrogens is 371 g/mol. The van der Waals surface area contributed by atoms with E-state index in [0.717, 1.165) is 25.3 Å². The van der Waals surface area contributed by atoms with Crippen LogP contribution in [0.15, 0.2) is 30.5 Å². The minimum atomic E-state index is -0.740. The maximum Gasteiger partial charge on any atom is 0.270 e. The summed E-state index contributed by atoms with van der Waals surface area (Å²) in [5.41, 5.74) is 0.994. The summed E-state index contributed by atoms with van der Waals surface area (Å²) in [5, 5.41) is 12.6. The lowest BCUT2D eigenvalue weighted by Crippen LogP contribution is -2.51. The molecular formula is C20H20ClFN2O3. The van der Waals surface area contributed by atoms with Crippen LogP contribution in [-0.2, 0) is 17.6 Å². The normalized spacial score (nSPS) is 15.1. The number of hydrogen-bond acceptors (Lipinski definition) is 4.